The monoisotopic (exact) mass is 232 g/mol. The molecule has 0 fully saturated rings. The molecule has 0 aromatic heterocycles. The zero-order valence-corrected chi connectivity index (χ0v) is 9.90. The van der Waals surface area contributed by atoms with Crippen LogP contribution in [0.1, 0.15) is 18.9 Å². The lowest BCUT2D eigenvalue weighted by Gasteiger charge is -2.07. The van der Waals surface area contributed by atoms with Gasteiger partial charge in [-0.1, -0.05) is 12.1 Å². The van der Waals surface area contributed by atoms with E-state index in [1.807, 2.05) is 24.3 Å². The SMILES string of the molecule is CC(=O)OCCNc1cccc(CCC#N)c1. The van der Waals surface area contributed by atoms with E-state index >= 15 is 0 Å². The molecule has 17 heavy (non-hydrogen) atoms. The van der Waals surface area contributed by atoms with Crippen LogP contribution < -0.4 is 5.32 Å². The minimum absolute atomic E-state index is 0.269. The van der Waals surface area contributed by atoms with Crippen LogP contribution in [0.3, 0.4) is 0 Å². The number of carbonyl (C=O) groups is 1. The summed E-state index contributed by atoms with van der Waals surface area (Å²) in [6.07, 6.45) is 1.28. The van der Waals surface area contributed by atoms with Crippen LogP contribution >= 0.6 is 0 Å². The first-order chi connectivity index (χ1) is 8.22. The van der Waals surface area contributed by atoms with Crippen molar-refractivity contribution in [2.75, 3.05) is 18.5 Å². The topological polar surface area (TPSA) is 62.1 Å². The quantitative estimate of drug-likeness (QED) is 0.602. The highest BCUT2D eigenvalue weighted by Gasteiger charge is 1.96. The first kappa shape index (κ1) is 13.0. The van der Waals surface area contributed by atoms with E-state index in [1.165, 1.54) is 6.92 Å². The van der Waals surface area contributed by atoms with E-state index < -0.39 is 0 Å². The molecule has 0 radical (unpaired) electrons. The molecule has 0 spiro atoms. The number of rotatable bonds is 6. The molecule has 0 aliphatic heterocycles. The second kappa shape index (κ2) is 7.29. The summed E-state index contributed by atoms with van der Waals surface area (Å²) in [5, 5.41) is 11.7. The van der Waals surface area contributed by atoms with Gasteiger partial charge in [0.1, 0.15) is 6.61 Å². The van der Waals surface area contributed by atoms with Gasteiger partial charge in [0, 0.05) is 25.6 Å². The van der Waals surface area contributed by atoms with Gasteiger partial charge in [-0.3, -0.25) is 4.79 Å². The molecule has 0 aliphatic rings. The van der Waals surface area contributed by atoms with Crippen molar-refractivity contribution in [3.8, 4) is 6.07 Å². The van der Waals surface area contributed by atoms with Crippen molar-refractivity contribution in [1.82, 2.24) is 0 Å². The molecule has 0 heterocycles. The number of nitriles is 1. The van der Waals surface area contributed by atoms with Crippen LogP contribution in [-0.2, 0) is 16.0 Å². The maximum absolute atomic E-state index is 10.5. The molecule has 1 aromatic rings. The minimum Gasteiger partial charge on any atom is -0.464 e. The van der Waals surface area contributed by atoms with Crippen molar-refractivity contribution in [2.45, 2.75) is 19.8 Å². The first-order valence-corrected chi connectivity index (χ1v) is 5.55. The summed E-state index contributed by atoms with van der Waals surface area (Å²) in [4.78, 5) is 10.5. The van der Waals surface area contributed by atoms with Gasteiger partial charge in [0.2, 0.25) is 0 Å². The van der Waals surface area contributed by atoms with Gasteiger partial charge in [-0.2, -0.15) is 5.26 Å². The normalized spacial score (nSPS) is 9.41. The second-order valence-corrected chi connectivity index (χ2v) is 3.63. The molecular formula is C13H16N2O2. The highest BCUT2D eigenvalue weighted by atomic mass is 16.5. The Morgan fingerprint density at radius 1 is 1.53 bits per heavy atom. The minimum atomic E-state index is -0.269. The average Bonchev–Trinajstić information content (AvgIpc) is 2.32. The van der Waals surface area contributed by atoms with Crippen molar-refractivity contribution >= 4 is 11.7 Å². The third kappa shape index (κ3) is 5.57. The maximum Gasteiger partial charge on any atom is 0.302 e. The molecule has 0 atom stereocenters. The molecule has 0 aliphatic carbocycles. The molecule has 0 bridgehead atoms. The number of ether oxygens (including phenoxy) is 1. The van der Waals surface area contributed by atoms with Gasteiger partial charge < -0.3 is 10.1 Å². The fraction of sp³-hybridized carbons (Fsp3) is 0.385. The highest BCUT2D eigenvalue weighted by Crippen LogP contribution is 2.11. The summed E-state index contributed by atoms with van der Waals surface area (Å²) in [6.45, 7) is 2.33. The molecular weight excluding hydrogens is 216 g/mol. The zero-order valence-electron chi connectivity index (χ0n) is 9.90. The number of anilines is 1. The molecule has 0 unspecified atom stereocenters. The van der Waals surface area contributed by atoms with E-state index in [2.05, 4.69) is 11.4 Å². The summed E-state index contributed by atoms with van der Waals surface area (Å²) >= 11 is 0. The van der Waals surface area contributed by atoms with Crippen LogP contribution in [0, 0.1) is 11.3 Å². The van der Waals surface area contributed by atoms with E-state index in [0.717, 1.165) is 17.7 Å². The average molecular weight is 232 g/mol. The Labute approximate surface area is 101 Å². The van der Waals surface area contributed by atoms with E-state index in [4.69, 9.17) is 10.00 Å². The summed E-state index contributed by atoms with van der Waals surface area (Å²) < 4.78 is 4.81. The predicted molar refractivity (Wildman–Crippen MR) is 65.5 cm³/mol. The van der Waals surface area contributed by atoms with E-state index in [1.54, 1.807) is 0 Å². The van der Waals surface area contributed by atoms with Crippen LogP contribution in [0.25, 0.3) is 0 Å². The lowest BCUT2D eigenvalue weighted by Crippen LogP contribution is -2.11. The second-order valence-electron chi connectivity index (χ2n) is 3.63. The van der Waals surface area contributed by atoms with Gasteiger partial charge in [0.15, 0.2) is 0 Å². The van der Waals surface area contributed by atoms with E-state index in [9.17, 15) is 4.79 Å². The Kier molecular flexibility index (Phi) is 5.59. The third-order valence-corrected chi connectivity index (χ3v) is 2.19. The number of hydrogen-bond donors (Lipinski definition) is 1. The smallest absolute Gasteiger partial charge is 0.302 e. The molecule has 4 heteroatoms. The van der Waals surface area contributed by atoms with Crippen molar-refractivity contribution < 1.29 is 9.53 Å². The Morgan fingerprint density at radius 3 is 3.06 bits per heavy atom. The molecule has 0 saturated heterocycles. The van der Waals surface area contributed by atoms with Gasteiger partial charge in [0.25, 0.3) is 0 Å². The van der Waals surface area contributed by atoms with Crippen molar-refractivity contribution in [3.05, 3.63) is 29.8 Å². The number of esters is 1. The standard InChI is InChI=1S/C13H16N2O2/c1-11(16)17-9-8-15-13-6-2-4-12(10-13)5-3-7-14/h2,4,6,10,15H,3,5,8-9H2,1H3. The summed E-state index contributed by atoms with van der Waals surface area (Å²) in [7, 11) is 0. The van der Waals surface area contributed by atoms with Crippen LogP contribution in [-0.4, -0.2) is 19.1 Å². The number of aryl methyl sites for hydroxylation is 1. The first-order valence-electron chi connectivity index (χ1n) is 5.55. The van der Waals surface area contributed by atoms with Gasteiger partial charge >= 0.3 is 5.97 Å². The van der Waals surface area contributed by atoms with Gasteiger partial charge in [-0.25, -0.2) is 0 Å². The van der Waals surface area contributed by atoms with E-state index in [-0.39, 0.29) is 5.97 Å². The highest BCUT2D eigenvalue weighted by molar-refractivity contribution is 5.65. The molecule has 1 aromatic carbocycles. The summed E-state index contributed by atoms with van der Waals surface area (Å²) in [5.74, 6) is -0.269. The lowest BCUT2D eigenvalue weighted by molar-refractivity contribution is -0.140. The van der Waals surface area contributed by atoms with Crippen LogP contribution in [0.2, 0.25) is 0 Å². The Hall–Kier alpha value is -2.02. The van der Waals surface area contributed by atoms with Gasteiger partial charge in [-0.05, 0) is 24.1 Å². The van der Waals surface area contributed by atoms with Crippen molar-refractivity contribution in [1.29, 1.82) is 5.26 Å². The lowest BCUT2D eigenvalue weighted by atomic mass is 10.1. The van der Waals surface area contributed by atoms with Gasteiger partial charge in [0.05, 0.1) is 6.07 Å². The van der Waals surface area contributed by atoms with Gasteiger partial charge in [-0.15, -0.1) is 0 Å². The Balaban J connectivity index is 2.38. The maximum atomic E-state index is 10.5. The number of benzene rings is 1. The zero-order chi connectivity index (χ0) is 12.5. The van der Waals surface area contributed by atoms with Crippen LogP contribution in [0.4, 0.5) is 5.69 Å². The molecule has 90 valence electrons. The number of carbonyl (C=O) groups excluding carboxylic acids is 1. The Bertz CT molecular complexity index is 410. The molecule has 0 saturated carbocycles. The fourth-order valence-electron chi connectivity index (χ4n) is 1.43. The third-order valence-electron chi connectivity index (χ3n) is 2.19. The van der Waals surface area contributed by atoms with Crippen LogP contribution in [0.15, 0.2) is 24.3 Å². The summed E-state index contributed by atoms with van der Waals surface area (Å²) in [6, 6.07) is 10.0. The van der Waals surface area contributed by atoms with Crippen LogP contribution in [0.5, 0.6) is 0 Å². The predicted octanol–water partition coefficient (Wildman–Crippen LogP) is 2.12. The summed E-state index contributed by atoms with van der Waals surface area (Å²) in [5.41, 5.74) is 2.11. The molecule has 1 N–H and O–H groups in total. The van der Waals surface area contributed by atoms with Crippen molar-refractivity contribution in [3.63, 3.8) is 0 Å². The molecule has 1 rings (SSSR count). The van der Waals surface area contributed by atoms with E-state index in [0.29, 0.717) is 19.6 Å². The number of nitrogens with zero attached hydrogens (tertiary/aromatic N) is 1. The molecule has 4 nitrogen and oxygen atoms in total. The number of nitrogens with one attached hydrogen (secondary N) is 1. The number of hydrogen-bond acceptors (Lipinski definition) is 4. The molecule has 0 amide bonds. The van der Waals surface area contributed by atoms with Crippen molar-refractivity contribution in [2.24, 2.45) is 0 Å². The largest absolute Gasteiger partial charge is 0.464 e. The fourth-order valence-corrected chi connectivity index (χ4v) is 1.43. The Morgan fingerprint density at radius 2 is 2.35 bits per heavy atom.